The maximum atomic E-state index is 12.9. The minimum atomic E-state index is -0.0664. The average Bonchev–Trinajstić information content (AvgIpc) is 3.51. The van der Waals surface area contributed by atoms with Gasteiger partial charge >= 0.3 is 0 Å². The van der Waals surface area contributed by atoms with Crippen LogP contribution in [0.3, 0.4) is 0 Å². The van der Waals surface area contributed by atoms with Gasteiger partial charge in [-0.3, -0.25) is 14.7 Å². The van der Waals surface area contributed by atoms with Crippen molar-refractivity contribution in [1.29, 1.82) is 0 Å². The highest BCUT2D eigenvalue weighted by Gasteiger charge is 2.37. The number of carbonyl (C=O) groups is 2. The smallest absolute Gasteiger partial charge is 0.260 e. The van der Waals surface area contributed by atoms with Gasteiger partial charge in [-0.1, -0.05) is 37.3 Å². The number of rotatable bonds is 5. The summed E-state index contributed by atoms with van der Waals surface area (Å²) in [6.07, 6.45) is 1.89. The molecule has 32 heavy (non-hydrogen) atoms. The fourth-order valence-corrected chi connectivity index (χ4v) is 4.40. The van der Waals surface area contributed by atoms with Gasteiger partial charge in [0.1, 0.15) is 11.3 Å². The predicted octanol–water partition coefficient (Wildman–Crippen LogP) is 2.96. The number of benzene rings is 2. The first kappa shape index (κ1) is 20.2. The molecule has 8 nitrogen and oxygen atoms in total. The standard InChI is InChI=1S/C24H25N5O3/c1-15(2)19-5-3-4-6-22(19)32-14-23(30)28-10-17-12-29(13-18(17)11-28)24(31)16-7-8-20-21(9-16)26-27-25-20/h3-9,12,15,18H,10-11,13-14H2,1-2H3,(H,25,26,27)/t18-/m0/s1. The minimum absolute atomic E-state index is 0.0179. The summed E-state index contributed by atoms with van der Waals surface area (Å²) in [5, 5.41) is 10.5. The van der Waals surface area contributed by atoms with E-state index in [1.165, 1.54) is 0 Å². The number of para-hydroxylation sites is 1. The highest BCUT2D eigenvalue weighted by molar-refractivity contribution is 5.98. The van der Waals surface area contributed by atoms with Crippen molar-refractivity contribution >= 4 is 22.8 Å². The maximum absolute atomic E-state index is 12.9. The van der Waals surface area contributed by atoms with E-state index in [9.17, 15) is 9.59 Å². The van der Waals surface area contributed by atoms with E-state index in [4.69, 9.17) is 4.74 Å². The fraction of sp³-hybridized carbons (Fsp3) is 0.333. The monoisotopic (exact) mass is 431 g/mol. The van der Waals surface area contributed by atoms with Crippen molar-refractivity contribution < 1.29 is 14.3 Å². The lowest BCUT2D eigenvalue weighted by Gasteiger charge is -2.20. The Balaban J connectivity index is 1.21. The molecular weight excluding hydrogens is 406 g/mol. The molecule has 0 spiro atoms. The second-order valence-electron chi connectivity index (χ2n) is 8.66. The quantitative estimate of drug-likeness (QED) is 0.671. The van der Waals surface area contributed by atoms with Gasteiger partial charge in [0, 0.05) is 37.3 Å². The predicted molar refractivity (Wildman–Crippen MR) is 119 cm³/mol. The molecule has 1 fully saturated rings. The van der Waals surface area contributed by atoms with Crippen LogP contribution in [0.5, 0.6) is 5.75 Å². The van der Waals surface area contributed by atoms with E-state index in [0.29, 0.717) is 36.6 Å². The van der Waals surface area contributed by atoms with E-state index in [1.54, 1.807) is 17.0 Å². The van der Waals surface area contributed by atoms with Crippen LogP contribution in [0.2, 0.25) is 0 Å². The van der Waals surface area contributed by atoms with E-state index < -0.39 is 0 Å². The number of amides is 2. The summed E-state index contributed by atoms with van der Waals surface area (Å²) in [6.45, 7) is 5.94. The van der Waals surface area contributed by atoms with Gasteiger partial charge in [0.2, 0.25) is 0 Å². The zero-order valence-corrected chi connectivity index (χ0v) is 18.1. The molecule has 0 saturated carbocycles. The van der Waals surface area contributed by atoms with Crippen LogP contribution in [0.4, 0.5) is 0 Å². The van der Waals surface area contributed by atoms with E-state index in [-0.39, 0.29) is 24.3 Å². The minimum Gasteiger partial charge on any atom is -0.483 e. The van der Waals surface area contributed by atoms with Crippen molar-refractivity contribution in [3.8, 4) is 5.75 Å². The summed E-state index contributed by atoms with van der Waals surface area (Å²) in [4.78, 5) is 29.2. The van der Waals surface area contributed by atoms with Crippen LogP contribution < -0.4 is 4.74 Å². The number of nitrogens with zero attached hydrogens (tertiary/aromatic N) is 4. The van der Waals surface area contributed by atoms with Crippen molar-refractivity contribution in [2.45, 2.75) is 19.8 Å². The molecule has 2 amide bonds. The van der Waals surface area contributed by atoms with Crippen molar-refractivity contribution in [3.63, 3.8) is 0 Å². The zero-order valence-electron chi connectivity index (χ0n) is 18.1. The molecule has 164 valence electrons. The molecule has 5 rings (SSSR count). The van der Waals surface area contributed by atoms with Crippen LogP contribution in [-0.2, 0) is 4.79 Å². The molecule has 0 bridgehead atoms. The number of nitrogens with one attached hydrogen (secondary N) is 1. The molecule has 2 aromatic carbocycles. The number of hydrogen-bond acceptors (Lipinski definition) is 5. The van der Waals surface area contributed by atoms with Crippen LogP contribution in [0.15, 0.2) is 54.2 Å². The fourth-order valence-electron chi connectivity index (χ4n) is 4.40. The van der Waals surface area contributed by atoms with E-state index in [2.05, 4.69) is 29.3 Å². The Morgan fingerprint density at radius 2 is 2.03 bits per heavy atom. The number of likely N-dealkylation sites (tertiary alicyclic amines) is 1. The number of aromatic nitrogens is 3. The van der Waals surface area contributed by atoms with Gasteiger partial charge in [-0.2, -0.15) is 0 Å². The Labute approximate surface area is 185 Å². The Hall–Kier alpha value is -3.68. The van der Waals surface area contributed by atoms with Crippen molar-refractivity contribution in [1.82, 2.24) is 25.2 Å². The summed E-state index contributed by atoms with van der Waals surface area (Å²) in [7, 11) is 0. The Morgan fingerprint density at radius 1 is 1.19 bits per heavy atom. The molecule has 8 heteroatoms. The number of carbonyl (C=O) groups excluding carboxylic acids is 2. The van der Waals surface area contributed by atoms with Crippen molar-refractivity contribution in [3.05, 3.63) is 65.4 Å². The third kappa shape index (κ3) is 3.72. The van der Waals surface area contributed by atoms with Gasteiger partial charge in [-0.15, -0.1) is 5.10 Å². The largest absolute Gasteiger partial charge is 0.483 e. The van der Waals surface area contributed by atoms with Crippen molar-refractivity contribution in [2.75, 3.05) is 26.2 Å². The van der Waals surface area contributed by atoms with E-state index >= 15 is 0 Å². The Morgan fingerprint density at radius 3 is 2.84 bits per heavy atom. The lowest BCUT2D eigenvalue weighted by Crippen LogP contribution is -2.35. The van der Waals surface area contributed by atoms with E-state index in [1.807, 2.05) is 41.4 Å². The summed E-state index contributed by atoms with van der Waals surface area (Å²) in [6, 6.07) is 13.2. The first-order valence-corrected chi connectivity index (χ1v) is 10.8. The Kier molecular flexibility index (Phi) is 5.13. The molecule has 0 unspecified atom stereocenters. The molecule has 2 aliphatic heterocycles. The number of hydrogen-bond donors (Lipinski definition) is 1. The number of ether oxygens (including phenoxy) is 1. The lowest BCUT2D eigenvalue weighted by atomic mass is 10.0. The molecule has 0 aliphatic carbocycles. The van der Waals surface area contributed by atoms with Crippen LogP contribution in [0, 0.1) is 5.92 Å². The summed E-state index contributed by atoms with van der Waals surface area (Å²) in [5.41, 5.74) is 4.24. The van der Waals surface area contributed by atoms with Gasteiger partial charge in [-0.25, -0.2) is 0 Å². The summed E-state index contributed by atoms with van der Waals surface area (Å²) in [5.74, 6) is 1.15. The normalized spacial score (nSPS) is 17.7. The molecular formula is C24H25N5O3. The van der Waals surface area contributed by atoms with Gasteiger partial charge in [-0.05, 0) is 41.3 Å². The van der Waals surface area contributed by atoms with Crippen molar-refractivity contribution in [2.24, 2.45) is 5.92 Å². The molecule has 3 aromatic rings. The van der Waals surface area contributed by atoms with Gasteiger partial charge in [0.25, 0.3) is 11.8 Å². The lowest BCUT2D eigenvalue weighted by molar-refractivity contribution is -0.132. The molecule has 1 saturated heterocycles. The van der Waals surface area contributed by atoms with Crippen LogP contribution >= 0.6 is 0 Å². The van der Waals surface area contributed by atoms with Crippen LogP contribution in [-0.4, -0.2) is 63.3 Å². The highest BCUT2D eigenvalue weighted by atomic mass is 16.5. The van der Waals surface area contributed by atoms with Crippen LogP contribution in [0.25, 0.3) is 11.0 Å². The number of aromatic amines is 1. The first-order chi connectivity index (χ1) is 15.5. The van der Waals surface area contributed by atoms with Gasteiger partial charge in [0.15, 0.2) is 6.61 Å². The molecule has 1 aromatic heterocycles. The molecule has 0 radical (unpaired) electrons. The molecule has 1 atom stereocenters. The third-order valence-electron chi connectivity index (χ3n) is 6.16. The molecule has 2 aliphatic rings. The molecule has 3 heterocycles. The maximum Gasteiger partial charge on any atom is 0.260 e. The topological polar surface area (TPSA) is 91.4 Å². The van der Waals surface area contributed by atoms with E-state index in [0.717, 1.165) is 22.4 Å². The summed E-state index contributed by atoms with van der Waals surface area (Å²) < 4.78 is 5.85. The average molecular weight is 431 g/mol. The highest BCUT2D eigenvalue weighted by Crippen LogP contribution is 2.31. The molecule has 1 N–H and O–H groups in total. The van der Waals surface area contributed by atoms with Gasteiger partial charge in [0.05, 0.1) is 5.52 Å². The second-order valence-corrected chi connectivity index (χ2v) is 8.66. The summed E-state index contributed by atoms with van der Waals surface area (Å²) >= 11 is 0. The van der Waals surface area contributed by atoms with Gasteiger partial charge < -0.3 is 14.5 Å². The zero-order chi connectivity index (χ0) is 22.2. The third-order valence-corrected chi connectivity index (χ3v) is 6.16. The number of H-pyrrole nitrogens is 1. The first-order valence-electron chi connectivity index (χ1n) is 10.8. The second kappa shape index (κ2) is 8.11. The SMILES string of the molecule is CC(C)c1ccccc1OCC(=O)N1CC2=CN(C(=O)c3ccc4[nH]nnc4c3)C[C@@H]2C1. The Bertz CT molecular complexity index is 1220. The number of fused-ring (bicyclic) bond motifs is 2. The van der Waals surface area contributed by atoms with Crippen LogP contribution in [0.1, 0.15) is 35.7 Å².